The minimum atomic E-state index is -0.0840. The highest BCUT2D eigenvalue weighted by molar-refractivity contribution is 5.76. The van der Waals surface area contributed by atoms with Crippen LogP contribution in [-0.4, -0.2) is 65.2 Å². The molecule has 0 aliphatic rings. The minimum Gasteiger partial charge on any atom is -0.379 e. The molecule has 10 nitrogen and oxygen atoms in total. The van der Waals surface area contributed by atoms with Crippen LogP contribution in [0.2, 0.25) is 0 Å². The first-order chi connectivity index (χ1) is 16.0. The number of benzene rings is 1. The van der Waals surface area contributed by atoms with Crippen molar-refractivity contribution in [1.82, 2.24) is 31.0 Å². The van der Waals surface area contributed by atoms with E-state index in [0.717, 1.165) is 17.5 Å². The van der Waals surface area contributed by atoms with E-state index in [9.17, 15) is 9.59 Å². The maximum atomic E-state index is 12.0. The molecule has 0 aliphatic carbocycles. The van der Waals surface area contributed by atoms with E-state index in [1.54, 1.807) is 6.92 Å². The summed E-state index contributed by atoms with van der Waals surface area (Å²) in [5, 5.41) is 21.5. The number of rotatable bonds is 15. The van der Waals surface area contributed by atoms with Crippen molar-refractivity contribution in [3.8, 4) is 11.4 Å². The van der Waals surface area contributed by atoms with Gasteiger partial charge in [0.25, 0.3) is 0 Å². The second-order valence-electron chi connectivity index (χ2n) is 7.79. The molecule has 1 unspecified atom stereocenters. The van der Waals surface area contributed by atoms with Gasteiger partial charge in [-0.25, -0.2) is 0 Å². The predicted octanol–water partition coefficient (Wildman–Crippen LogP) is 1.83. The van der Waals surface area contributed by atoms with Crippen LogP contribution in [0.5, 0.6) is 0 Å². The average molecular weight is 459 g/mol. The third-order valence-electron chi connectivity index (χ3n) is 4.93. The van der Waals surface area contributed by atoms with Crippen LogP contribution in [0.25, 0.3) is 11.4 Å². The van der Waals surface area contributed by atoms with Crippen molar-refractivity contribution in [3.63, 3.8) is 0 Å². The fourth-order valence-corrected chi connectivity index (χ4v) is 2.74. The Morgan fingerprint density at radius 2 is 1.58 bits per heavy atom. The molecule has 2 N–H and O–H groups in total. The van der Waals surface area contributed by atoms with Crippen LogP contribution in [0.1, 0.15) is 44.5 Å². The van der Waals surface area contributed by atoms with Crippen molar-refractivity contribution in [3.05, 3.63) is 35.7 Å². The van der Waals surface area contributed by atoms with Gasteiger partial charge < -0.3 is 20.1 Å². The number of carbonyl (C=O) groups excluding carboxylic acids is 2. The highest BCUT2D eigenvalue weighted by atomic mass is 16.5. The molecule has 1 aromatic carbocycles. The molecule has 1 atom stereocenters. The number of ether oxygens (including phenoxy) is 2. The van der Waals surface area contributed by atoms with E-state index in [4.69, 9.17) is 9.47 Å². The summed E-state index contributed by atoms with van der Waals surface area (Å²) >= 11 is 0. The number of nitrogens with one attached hydrogen (secondary N) is 2. The highest BCUT2D eigenvalue weighted by Gasteiger charge is 2.07. The molecule has 0 saturated carbocycles. The van der Waals surface area contributed by atoms with Crippen LogP contribution in [0.3, 0.4) is 0 Å². The number of hydrogen-bond acceptors (Lipinski definition) is 8. The zero-order valence-electron chi connectivity index (χ0n) is 19.7. The Morgan fingerprint density at radius 1 is 0.909 bits per heavy atom. The van der Waals surface area contributed by atoms with Gasteiger partial charge in [-0.05, 0) is 18.4 Å². The molecular formula is C23H34N6O4. The van der Waals surface area contributed by atoms with Crippen LogP contribution in [-0.2, 0) is 25.6 Å². The number of hydrogen-bond donors (Lipinski definition) is 2. The van der Waals surface area contributed by atoms with Gasteiger partial charge >= 0.3 is 0 Å². The van der Waals surface area contributed by atoms with Crippen LogP contribution in [0, 0.1) is 12.8 Å². The Kier molecular flexibility index (Phi) is 11.9. The summed E-state index contributed by atoms with van der Waals surface area (Å²) in [4.78, 5) is 23.6. The normalized spacial score (nSPS) is 11.7. The predicted molar refractivity (Wildman–Crippen MR) is 123 cm³/mol. The molecule has 0 bridgehead atoms. The average Bonchev–Trinajstić information content (AvgIpc) is 2.82. The number of aryl methyl sites for hydroxylation is 1. The molecule has 180 valence electrons. The van der Waals surface area contributed by atoms with Crippen LogP contribution < -0.4 is 10.6 Å². The van der Waals surface area contributed by atoms with Crippen molar-refractivity contribution < 1.29 is 19.1 Å². The van der Waals surface area contributed by atoms with E-state index in [1.807, 2.05) is 24.3 Å². The molecule has 0 fully saturated rings. The third kappa shape index (κ3) is 10.9. The van der Waals surface area contributed by atoms with Gasteiger partial charge in [0.15, 0.2) is 5.82 Å². The summed E-state index contributed by atoms with van der Waals surface area (Å²) in [6.45, 7) is 8.37. The molecular weight excluding hydrogens is 424 g/mol. The Hall–Kier alpha value is -2.98. The van der Waals surface area contributed by atoms with Crippen molar-refractivity contribution in [2.24, 2.45) is 5.92 Å². The molecule has 0 radical (unpaired) electrons. The third-order valence-corrected chi connectivity index (χ3v) is 4.93. The molecule has 1 aromatic heterocycles. The molecule has 10 heteroatoms. The number of carbonyl (C=O) groups is 2. The highest BCUT2D eigenvalue weighted by Crippen LogP contribution is 2.14. The monoisotopic (exact) mass is 458 g/mol. The van der Waals surface area contributed by atoms with E-state index in [0.29, 0.717) is 63.5 Å². The summed E-state index contributed by atoms with van der Waals surface area (Å²) in [7, 11) is 0. The lowest BCUT2D eigenvalue weighted by molar-refractivity contribution is -0.122. The van der Waals surface area contributed by atoms with Crippen molar-refractivity contribution in [2.45, 2.75) is 46.6 Å². The van der Waals surface area contributed by atoms with Gasteiger partial charge in [-0.15, -0.1) is 20.4 Å². The van der Waals surface area contributed by atoms with E-state index in [2.05, 4.69) is 44.9 Å². The Bertz CT molecular complexity index is 845. The lowest BCUT2D eigenvalue weighted by Gasteiger charge is -2.10. The second kappa shape index (κ2) is 15.0. The molecule has 1 heterocycles. The first-order valence-electron chi connectivity index (χ1n) is 11.3. The number of amides is 2. The number of nitrogens with zero attached hydrogens (tertiary/aromatic N) is 4. The molecule has 0 aliphatic heterocycles. The van der Waals surface area contributed by atoms with E-state index in [-0.39, 0.29) is 18.2 Å². The van der Waals surface area contributed by atoms with Gasteiger partial charge in [0.2, 0.25) is 17.6 Å². The van der Waals surface area contributed by atoms with Gasteiger partial charge in [0, 0.05) is 31.5 Å². The summed E-state index contributed by atoms with van der Waals surface area (Å²) in [6, 6.07) is 7.55. The van der Waals surface area contributed by atoms with Crippen LogP contribution in [0.15, 0.2) is 24.3 Å². The summed E-state index contributed by atoms with van der Waals surface area (Å²) in [5.74, 6) is 1.35. The molecule has 2 aromatic rings. The summed E-state index contributed by atoms with van der Waals surface area (Å²) < 4.78 is 10.8. The van der Waals surface area contributed by atoms with E-state index < -0.39 is 0 Å². The first kappa shape index (κ1) is 26.3. The van der Waals surface area contributed by atoms with Gasteiger partial charge in [0.1, 0.15) is 0 Å². The van der Waals surface area contributed by atoms with Gasteiger partial charge in [0.05, 0.1) is 26.4 Å². The van der Waals surface area contributed by atoms with Crippen molar-refractivity contribution >= 4 is 11.8 Å². The molecule has 0 spiro atoms. The first-order valence-corrected chi connectivity index (χ1v) is 11.3. The zero-order chi connectivity index (χ0) is 23.9. The summed E-state index contributed by atoms with van der Waals surface area (Å²) in [6.07, 6.45) is 1.82. The van der Waals surface area contributed by atoms with E-state index in [1.165, 1.54) is 0 Å². The fourth-order valence-electron chi connectivity index (χ4n) is 2.74. The lowest BCUT2D eigenvalue weighted by atomic mass is 10.1. The van der Waals surface area contributed by atoms with Gasteiger partial charge in [-0.3, -0.25) is 9.59 Å². The summed E-state index contributed by atoms with van der Waals surface area (Å²) in [5.41, 5.74) is 1.78. The zero-order valence-corrected chi connectivity index (χ0v) is 19.7. The Labute approximate surface area is 194 Å². The van der Waals surface area contributed by atoms with E-state index >= 15 is 0 Å². The second-order valence-corrected chi connectivity index (χ2v) is 7.79. The maximum Gasteiger partial charge on any atom is 0.222 e. The maximum absolute atomic E-state index is 12.0. The topological polar surface area (TPSA) is 128 Å². The number of aromatic nitrogens is 4. The minimum absolute atomic E-state index is 0.0565. The van der Waals surface area contributed by atoms with Crippen molar-refractivity contribution in [1.29, 1.82) is 0 Å². The standard InChI is InChI=1S/C23H34N6O4/c1-4-17(2)15-22(31)24-10-12-33-14-13-32-11-9-21(30)25-16-19-5-7-20(8-6-19)23-28-26-18(3)27-29-23/h5-8,17H,4,9-16H2,1-3H3,(H,24,31)(H,25,30). The molecule has 0 saturated heterocycles. The quantitative estimate of drug-likeness (QED) is 0.387. The molecule has 2 rings (SSSR count). The van der Waals surface area contributed by atoms with Gasteiger partial charge in [-0.1, -0.05) is 44.5 Å². The molecule has 2 amide bonds. The fraction of sp³-hybridized carbons (Fsp3) is 0.565. The smallest absolute Gasteiger partial charge is 0.222 e. The Morgan fingerprint density at radius 3 is 2.24 bits per heavy atom. The Balaban J connectivity index is 1.49. The largest absolute Gasteiger partial charge is 0.379 e. The molecule has 33 heavy (non-hydrogen) atoms. The van der Waals surface area contributed by atoms with Gasteiger partial charge in [-0.2, -0.15) is 0 Å². The van der Waals surface area contributed by atoms with Crippen LogP contribution >= 0.6 is 0 Å². The lowest BCUT2D eigenvalue weighted by Crippen LogP contribution is -2.28. The van der Waals surface area contributed by atoms with Crippen molar-refractivity contribution in [2.75, 3.05) is 33.0 Å². The van der Waals surface area contributed by atoms with Crippen LogP contribution in [0.4, 0.5) is 0 Å². The SMILES string of the molecule is CCC(C)CC(=O)NCCOCCOCCC(=O)NCc1ccc(-c2nnc(C)nn2)cc1.